The van der Waals surface area contributed by atoms with E-state index in [-0.39, 0.29) is 0 Å². The molecule has 0 bridgehead atoms. The molecule has 6 nitrogen and oxygen atoms in total. The van der Waals surface area contributed by atoms with Crippen molar-refractivity contribution in [3.8, 4) is 0 Å². The molecule has 0 heterocycles. The number of carbonyl (C=O) groups excluding carboxylic acids is 1. The van der Waals surface area contributed by atoms with Gasteiger partial charge in [0, 0.05) is 12.2 Å². The Labute approximate surface area is 221 Å². The number of hydrogen-bond donors (Lipinski definition) is 2. The molecule has 7 heteroatoms. The van der Waals surface area contributed by atoms with E-state index >= 15 is 0 Å². The SMILES string of the molecule is C=CC(=O)O.C=CC(=O)O.CC(C)CCCCCCCCCCCCCC[C-]=O.C[CH-]C.[O]=[Ti+2]. The van der Waals surface area contributed by atoms with E-state index in [1.54, 1.807) is 0 Å². The molecule has 0 unspecified atom stereocenters. The quantitative estimate of drug-likeness (QED) is 0.0879. The van der Waals surface area contributed by atoms with Crippen LogP contribution in [0.25, 0.3) is 0 Å². The van der Waals surface area contributed by atoms with Gasteiger partial charge in [-0.3, -0.25) is 6.29 Å². The van der Waals surface area contributed by atoms with Crippen LogP contribution in [0.2, 0.25) is 0 Å². The van der Waals surface area contributed by atoms with Crippen LogP contribution in [0.15, 0.2) is 25.3 Å². The molecule has 0 amide bonds. The van der Waals surface area contributed by atoms with Crippen LogP contribution in [0.5, 0.6) is 0 Å². The number of carbonyl (C=O) groups is 2. The maximum atomic E-state index is 10.0. The summed E-state index contributed by atoms with van der Waals surface area (Å²) in [5.41, 5.74) is 0. The summed E-state index contributed by atoms with van der Waals surface area (Å²) in [6.07, 6.45) is 24.0. The van der Waals surface area contributed by atoms with Crippen LogP contribution in [0.1, 0.15) is 118 Å². The summed E-state index contributed by atoms with van der Waals surface area (Å²) in [5, 5.41) is 15.2. The molecule has 0 aromatic heterocycles. The average molecular weight is 519 g/mol. The normalized spacial score (nSPS) is 8.79. The Morgan fingerprint density at radius 3 is 1.21 bits per heavy atom. The monoisotopic (exact) mass is 518 g/mol. The second-order valence-electron chi connectivity index (χ2n) is 7.98. The molecule has 0 aliphatic rings. The van der Waals surface area contributed by atoms with Gasteiger partial charge in [-0.1, -0.05) is 110 Å². The Bertz CT molecular complexity index is 421. The van der Waals surface area contributed by atoms with E-state index < -0.39 is 11.9 Å². The van der Waals surface area contributed by atoms with Crippen molar-refractivity contribution in [1.82, 2.24) is 0 Å². The molecule has 0 aliphatic carbocycles. The third-order valence-corrected chi connectivity index (χ3v) is 4.16. The van der Waals surface area contributed by atoms with E-state index in [1.165, 1.54) is 77.0 Å². The van der Waals surface area contributed by atoms with Gasteiger partial charge in [0.05, 0.1) is 0 Å². The molecule has 0 saturated carbocycles. The van der Waals surface area contributed by atoms with Gasteiger partial charge in [0.2, 0.25) is 0 Å². The van der Waals surface area contributed by atoms with Crippen LogP contribution in [-0.4, -0.2) is 28.4 Å². The number of unbranched alkanes of at least 4 members (excludes halogenated alkanes) is 12. The Morgan fingerprint density at radius 2 is 1.00 bits per heavy atom. The Kier molecular flexibility index (Phi) is 56.8. The van der Waals surface area contributed by atoms with Crippen LogP contribution in [0.4, 0.5) is 0 Å². The molecule has 0 spiro atoms. The summed E-state index contributed by atoms with van der Waals surface area (Å²) in [5.74, 6) is -1.08. The van der Waals surface area contributed by atoms with Gasteiger partial charge in [-0.25, -0.2) is 9.59 Å². The zero-order chi connectivity index (χ0) is 27.5. The summed E-state index contributed by atoms with van der Waals surface area (Å²) in [6, 6.07) is 0. The molecule has 198 valence electrons. The van der Waals surface area contributed by atoms with Gasteiger partial charge in [-0.2, -0.15) is 20.3 Å². The van der Waals surface area contributed by atoms with Crippen molar-refractivity contribution < 1.29 is 48.3 Å². The van der Waals surface area contributed by atoms with Crippen molar-refractivity contribution in [3.63, 3.8) is 0 Å². The third-order valence-electron chi connectivity index (χ3n) is 4.16. The zero-order valence-electron chi connectivity index (χ0n) is 22.2. The first-order chi connectivity index (χ1) is 16.2. The van der Waals surface area contributed by atoms with E-state index in [2.05, 4.69) is 27.0 Å². The molecular formula is C27H50O6Ti. The summed E-state index contributed by atoms with van der Waals surface area (Å²) < 4.78 is 8.25. The summed E-state index contributed by atoms with van der Waals surface area (Å²) in [4.78, 5) is 28.5. The standard InChI is InChI=1S/C18H35O.2C3H4O2.C3H7.O.Ti/c1-18(2)16-14-12-10-8-6-4-3-5-7-9-11-13-15-17-19;2*1-2-3(4)5;1-3-2;;/h18H,3-16H2,1-2H3;2*2H,1H2,(H,4,5);3H,1-2H3;;/q-1;;;-1;;+2. The Morgan fingerprint density at radius 1 is 0.765 bits per heavy atom. The molecule has 0 radical (unpaired) electrons. The molecule has 0 aromatic rings. The number of rotatable bonds is 17. The molecule has 0 atom stereocenters. The van der Waals surface area contributed by atoms with Gasteiger partial charge in [0.25, 0.3) is 0 Å². The van der Waals surface area contributed by atoms with Crippen LogP contribution in [0.3, 0.4) is 0 Å². The van der Waals surface area contributed by atoms with E-state index in [4.69, 9.17) is 13.5 Å². The van der Waals surface area contributed by atoms with Gasteiger partial charge in [0.1, 0.15) is 0 Å². The van der Waals surface area contributed by atoms with Crippen molar-refractivity contribution in [2.45, 2.75) is 118 Å². The topological polar surface area (TPSA) is 109 Å². The van der Waals surface area contributed by atoms with Crippen molar-refractivity contribution in [1.29, 1.82) is 0 Å². The predicted molar refractivity (Wildman–Crippen MR) is 137 cm³/mol. The molecule has 34 heavy (non-hydrogen) atoms. The average Bonchev–Trinajstić information content (AvgIpc) is 2.81. The third kappa shape index (κ3) is 77.5. The van der Waals surface area contributed by atoms with E-state index in [0.717, 1.165) is 44.9 Å². The molecule has 0 rings (SSSR count). The van der Waals surface area contributed by atoms with Crippen molar-refractivity contribution >= 4 is 18.2 Å². The fourth-order valence-corrected chi connectivity index (χ4v) is 2.52. The van der Waals surface area contributed by atoms with Gasteiger partial charge in [0.15, 0.2) is 0 Å². The van der Waals surface area contributed by atoms with E-state index in [1.807, 2.05) is 26.6 Å². The van der Waals surface area contributed by atoms with Crippen LogP contribution < -0.4 is 0 Å². The fourth-order valence-electron chi connectivity index (χ4n) is 2.52. The summed E-state index contributed by atoms with van der Waals surface area (Å²) >= 11 is 0.750. The second kappa shape index (κ2) is 45.2. The van der Waals surface area contributed by atoms with E-state index in [9.17, 15) is 14.4 Å². The van der Waals surface area contributed by atoms with Crippen LogP contribution in [-0.2, 0) is 38.1 Å². The number of aliphatic carboxylic acids is 2. The molecule has 0 aliphatic heterocycles. The Hall–Kier alpha value is -1.40. The summed E-state index contributed by atoms with van der Waals surface area (Å²) in [6.45, 7) is 14.6. The number of carboxylic acid groups (broad SMARTS) is 2. The van der Waals surface area contributed by atoms with Gasteiger partial charge >= 0.3 is 35.7 Å². The molecule has 0 fully saturated rings. The fraction of sp³-hybridized carbons (Fsp3) is 0.704. The second-order valence-corrected chi connectivity index (χ2v) is 7.98. The minimum atomic E-state index is -0.981. The van der Waals surface area contributed by atoms with Crippen molar-refractivity contribution in [2.75, 3.05) is 0 Å². The number of hydrogen-bond acceptors (Lipinski definition) is 4. The maximum absolute atomic E-state index is 10.0. The van der Waals surface area contributed by atoms with Crippen molar-refractivity contribution in [3.05, 3.63) is 31.7 Å². The molecule has 0 saturated heterocycles. The first-order valence-electron chi connectivity index (χ1n) is 12.2. The predicted octanol–water partition coefficient (Wildman–Crippen LogP) is 7.84. The van der Waals surface area contributed by atoms with Crippen LogP contribution >= 0.6 is 0 Å². The minimum absolute atomic E-state index is 0.636. The number of carboxylic acids is 2. The van der Waals surface area contributed by atoms with Crippen molar-refractivity contribution in [2.24, 2.45) is 5.92 Å². The Balaban J connectivity index is -0.000000152. The first-order valence-corrected chi connectivity index (χ1v) is 12.9. The van der Waals surface area contributed by atoms with Gasteiger partial charge in [-0.05, 0) is 5.92 Å². The zero-order valence-corrected chi connectivity index (χ0v) is 23.7. The van der Waals surface area contributed by atoms with Gasteiger partial charge < -0.3 is 21.4 Å². The van der Waals surface area contributed by atoms with Gasteiger partial charge in [-0.15, -0.1) is 0 Å². The summed E-state index contributed by atoms with van der Waals surface area (Å²) in [7, 11) is 0. The molecular weight excluding hydrogens is 468 g/mol. The van der Waals surface area contributed by atoms with Crippen LogP contribution in [0, 0.1) is 12.3 Å². The van der Waals surface area contributed by atoms with E-state index in [0.29, 0.717) is 6.42 Å². The molecule has 2 N–H and O–H groups in total. The first kappa shape index (κ1) is 42.7. The molecule has 0 aromatic carbocycles.